The molecule has 1 saturated heterocycles. The number of piperazine rings is 1. The summed E-state index contributed by atoms with van der Waals surface area (Å²) in [7, 11) is -3.54. The van der Waals surface area contributed by atoms with Crippen LogP contribution in [0.4, 0.5) is 5.69 Å². The first-order chi connectivity index (χ1) is 13.9. The monoisotopic (exact) mass is 414 g/mol. The number of aromatic nitrogens is 1. The molecule has 4 rings (SSSR count). The number of hydrogen-bond donors (Lipinski definition) is 0. The lowest BCUT2D eigenvalue weighted by atomic mass is 10.1. The number of hydrogen-bond acceptors (Lipinski definition) is 5. The van der Waals surface area contributed by atoms with Crippen LogP contribution in [-0.4, -0.2) is 60.7 Å². The highest BCUT2D eigenvalue weighted by Crippen LogP contribution is 2.34. The molecule has 0 spiro atoms. The minimum Gasteiger partial charge on any atom is -0.309 e. The average Bonchev–Trinajstić information content (AvgIpc) is 3.04. The summed E-state index contributed by atoms with van der Waals surface area (Å²) in [6.07, 6.45) is 4.23. The number of amides is 1. The molecule has 2 aliphatic heterocycles. The van der Waals surface area contributed by atoms with E-state index in [0.717, 1.165) is 17.8 Å². The van der Waals surface area contributed by atoms with E-state index in [1.165, 1.54) is 5.56 Å². The molecule has 1 aromatic carbocycles. The number of sulfonamides is 1. The van der Waals surface area contributed by atoms with Crippen molar-refractivity contribution in [2.45, 2.75) is 37.8 Å². The molecule has 3 heterocycles. The van der Waals surface area contributed by atoms with E-state index in [9.17, 15) is 13.2 Å². The van der Waals surface area contributed by atoms with Crippen LogP contribution in [0, 0.1) is 0 Å². The van der Waals surface area contributed by atoms with Gasteiger partial charge in [0.05, 0.1) is 4.90 Å². The van der Waals surface area contributed by atoms with Crippen molar-refractivity contribution < 1.29 is 13.2 Å². The lowest BCUT2D eigenvalue weighted by Crippen LogP contribution is -2.48. The van der Waals surface area contributed by atoms with Gasteiger partial charge < -0.3 is 4.90 Å². The molecular formula is C21H26N4O3S. The first-order valence-electron chi connectivity index (χ1n) is 9.90. The minimum absolute atomic E-state index is 0.0165. The van der Waals surface area contributed by atoms with E-state index in [4.69, 9.17) is 0 Å². The normalized spacial score (nSPS) is 20.6. The summed E-state index contributed by atoms with van der Waals surface area (Å²) in [6.45, 7) is 6.66. The van der Waals surface area contributed by atoms with Crippen molar-refractivity contribution >= 4 is 21.6 Å². The topological polar surface area (TPSA) is 73.8 Å². The van der Waals surface area contributed by atoms with Gasteiger partial charge in [-0.25, -0.2) is 8.42 Å². The molecule has 7 nitrogen and oxygen atoms in total. The third kappa shape index (κ3) is 3.92. The Hall–Kier alpha value is -2.29. The summed E-state index contributed by atoms with van der Waals surface area (Å²) in [5.41, 5.74) is 2.93. The second-order valence-corrected chi connectivity index (χ2v) is 9.71. The van der Waals surface area contributed by atoms with E-state index in [1.54, 1.807) is 46.7 Å². The molecule has 0 bridgehead atoms. The summed E-state index contributed by atoms with van der Waals surface area (Å²) in [6, 6.07) is 9.17. The maximum absolute atomic E-state index is 13.2. The Morgan fingerprint density at radius 2 is 1.79 bits per heavy atom. The predicted octanol–water partition coefficient (Wildman–Crippen LogP) is 1.89. The third-order valence-corrected chi connectivity index (χ3v) is 7.63. The van der Waals surface area contributed by atoms with E-state index in [2.05, 4.69) is 9.88 Å². The summed E-state index contributed by atoms with van der Waals surface area (Å²) < 4.78 is 27.9. The molecule has 8 heteroatoms. The number of pyridine rings is 1. The van der Waals surface area contributed by atoms with Crippen molar-refractivity contribution in [3.8, 4) is 0 Å². The summed E-state index contributed by atoms with van der Waals surface area (Å²) in [5, 5.41) is 0. The zero-order chi connectivity index (χ0) is 20.6. The van der Waals surface area contributed by atoms with Crippen LogP contribution in [0.5, 0.6) is 0 Å². The lowest BCUT2D eigenvalue weighted by molar-refractivity contribution is -0.116. The Morgan fingerprint density at radius 1 is 1.10 bits per heavy atom. The molecule has 0 radical (unpaired) electrons. The Balaban J connectivity index is 1.46. The molecule has 0 aliphatic carbocycles. The molecule has 1 atom stereocenters. The molecule has 154 valence electrons. The zero-order valence-electron chi connectivity index (χ0n) is 16.8. The number of fused-ring (bicyclic) bond motifs is 1. The van der Waals surface area contributed by atoms with Crippen molar-refractivity contribution in [3.63, 3.8) is 0 Å². The van der Waals surface area contributed by atoms with E-state index < -0.39 is 10.0 Å². The van der Waals surface area contributed by atoms with E-state index >= 15 is 0 Å². The number of carbonyl (C=O) groups is 1. The molecule has 0 saturated carbocycles. The van der Waals surface area contributed by atoms with Crippen LogP contribution in [0.1, 0.15) is 25.0 Å². The fourth-order valence-electron chi connectivity index (χ4n) is 4.27. The molecule has 0 N–H and O–H groups in total. The molecule has 29 heavy (non-hydrogen) atoms. The van der Waals surface area contributed by atoms with Crippen LogP contribution < -0.4 is 4.90 Å². The second kappa shape index (κ2) is 7.85. The number of rotatable bonds is 4. The number of benzene rings is 1. The molecule has 1 aromatic heterocycles. The molecule has 2 aliphatic rings. The van der Waals surface area contributed by atoms with E-state index in [-0.39, 0.29) is 11.9 Å². The van der Waals surface area contributed by atoms with Crippen LogP contribution in [0.25, 0.3) is 0 Å². The number of nitrogens with zero attached hydrogens (tertiary/aromatic N) is 4. The summed E-state index contributed by atoms with van der Waals surface area (Å²) >= 11 is 0. The smallest absolute Gasteiger partial charge is 0.243 e. The number of anilines is 1. The van der Waals surface area contributed by atoms with Gasteiger partial charge in [0, 0.05) is 63.8 Å². The second-order valence-electron chi connectivity index (χ2n) is 7.77. The Kier molecular flexibility index (Phi) is 5.42. The minimum atomic E-state index is -3.54. The third-order valence-electron chi connectivity index (χ3n) is 5.73. The van der Waals surface area contributed by atoms with Gasteiger partial charge in [0.25, 0.3) is 0 Å². The van der Waals surface area contributed by atoms with Crippen molar-refractivity contribution in [2.75, 3.05) is 31.1 Å². The maximum atomic E-state index is 13.2. The van der Waals surface area contributed by atoms with Crippen LogP contribution in [0.15, 0.2) is 47.6 Å². The van der Waals surface area contributed by atoms with Crippen molar-refractivity contribution in [1.82, 2.24) is 14.2 Å². The van der Waals surface area contributed by atoms with Gasteiger partial charge in [-0.05, 0) is 54.8 Å². The van der Waals surface area contributed by atoms with Gasteiger partial charge in [-0.15, -0.1) is 0 Å². The molecule has 2 aromatic rings. The Labute approximate surface area is 172 Å². The first-order valence-corrected chi connectivity index (χ1v) is 11.3. The van der Waals surface area contributed by atoms with Crippen molar-refractivity contribution in [2.24, 2.45) is 0 Å². The molecule has 1 fully saturated rings. The molecule has 1 amide bonds. The van der Waals surface area contributed by atoms with Gasteiger partial charge in [0.15, 0.2) is 0 Å². The summed E-state index contributed by atoms with van der Waals surface area (Å²) in [5.74, 6) is -0.0165. The molecular weight excluding hydrogens is 388 g/mol. The van der Waals surface area contributed by atoms with Gasteiger partial charge in [-0.1, -0.05) is 0 Å². The fourth-order valence-corrected chi connectivity index (χ4v) is 5.74. The molecule has 1 unspecified atom stereocenters. The highest BCUT2D eigenvalue weighted by molar-refractivity contribution is 7.89. The zero-order valence-corrected chi connectivity index (χ0v) is 17.6. The van der Waals surface area contributed by atoms with E-state index in [1.807, 2.05) is 19.1 Å². The SMILES string of the molecule is CC(=O)N1c2ccc(S(=O)(=O)N3CCN(Cc4ccncc4)CC3)cc2CC1C. The predicted molar refractivity (Wildman–Crippen MR) is 111 cm³/mol. The fraction of sp³-hybridized carbons (Fsp3) is 0.429. The first kappa shape index (κ1) is 20.0. The Bertz CT molecular complexity index is 1000. The van der Waals surface area contributed by atoms with Crippen molar-refractivity contribution in [3.05, 3.63) is 53.9 Å². The van der Waals surface area contributed by atoms with Gasteiger partial charge in [-0.3, -0.25) is 14.7 Å². The highest BCUT2D eigenvalue weighted by atomic mass is 32.2. The van der Waals surface area contributed by atoms with Crippen LogP contribution >= 0.6 is 0 Å². The largest absolute Gasteiger partial charge is 0.309 e. The highest BCUT2D eigenvalue weighted by Gasteiger charge is 2.33. The number of carbonyl (C=O) groups excluding carboxylic acids is 1. The van der Waals surface area contributed by atoms with Gasteiger partial charge in [0.2, 0.25) is 15.9 Å². The average molecular weight is 415 g/mol. The maximum Gasteiger partial charge on any atom is 0.243 e. The van der Waals surface area contributed by atoms with Gasteiger partial charge >= 0.3 is 0 Å². The van der Waals surface area contributed by atoms with Gasteiger partial charge in [-0.2, -0.15) is 4.31 Å². The van der Waals surface area contributed by atoms with Crippen LogP contribution in [0.2, 0.25) is 0 Å². The summed E-state index contributed by atoms with van der Waals surface area (Å²) in [4.78, 5) is 20.2. The lowest BCUT2D eigenvalue weighted by Gasteiger charge is -2.34. The van der Waals surface area contributed by atoms with Crippen molar-refractivity contribution in [1.29, 1.82) is 0 Å². The van der Waals surface area contributed by atoms with Crippen LogP contribution in [-0.2, 0) is 27.8 Å². The Morgan fingerprint density at radius 3 is 2.45 bits per heavy atom. The standard InChI is InChI=1S/C21H26N4O3S/c1-16-13-19-14-20(3-4-21(19)25(16)17(2)26)29(27,28)24-11-9-23(10-12-24)15-18-5-7-22-8-6-18/h3-8,14,16H,9-13,15H2,1-2H3. The van der Waals surface area contributed by atoms with Crippen LogP contribution in [0.3, 0.4) is 0 Å². The van der Waals surface area contributed by atoms with Gasteiger partial charge in [0.1, 0.15) is 0 Å². The van der Waals surface area contributed by atoms with E-state index in [0.29, 0.717) is 37.5 Å². The quantitative estimate of drug-likeness (QED) is 0.764.